The molecule has 0 spiro atoms. The largest absolute Gasteiger partial charge is 0.481 e. The van der Waals surface area contributed by atoms with E-state index < -0.39 is 0 Å². The number of fused-ring (bicyclic) bond motifs is 3. The molecule has 1 N–H and O–H groups in total. The maximum Gasteiger partial charge on any atom is 0.212 e. The van der Waals surface area contributed by atoms with E-state index in [1.54, 1.807) is 7.11 Å². The highest BCUT2D eigenvalue weighted by Gasteiger charge is 2.10. The van der Waals surface area contributed by atoms with E-state index in [0.717, 1.165) is 16.6 Å². The molecule has 0 saturated carbocycles. The van der Waals surface area contributed by atoms with Crippen molar-refractivity contribution in [2.24, 2.45) is 0 Å². The van der Waals surface area contributed by atoms with Gasteiger partial charge in [-0.25, -0.2) is 4.98 Å². The van der Waals surface area contributed by atoms with E-state index >= 15 is 0 Å². The van der Waals surface area contributed by atoms with E-state index in [9.17, 15) is 0 Å². The predicted octanol–water partition coefficient (Wildman–Crippen LogP) is 4.39. The molecule has 0 amide bonds. The number of pyridine rings is 1. The molecule has 0 aliphatic heterocycles. The number of nitrogens with one attached hydrogen (secondary N) is 1. The fourth-order valence-electron chi connectivity index (χ4n) is 2.80. The summed E-state index contributed by atoms with van der Waals surface area (Å²) in [6.07, 6.45) is 1.86. The van der Waals surface area contributed by atoms with Gasteiger partial charge in [0.15, 0.2) is 0 Å². The minimum Gasteiger partial charge on any atom is -0.481 e. The number of ether oxygens (including phenoxy) is 1. The molecule has 0 fully saturated rings. The fourth-order valence-corrected chi connectivity index (χ4v) is 2.80. The first-order chi connectivity index (χ1) is 10.4. The molecular formula is C18H14N2O. The van der Waals surface area contributed by atoms with Crippen LogP contribution in [0.1, 0.15) is 0 Å². The summed E-state index contributed by atoms with van der Waals surface area (Å²) in [4.78, 5) is 7.78. The summed E-state index contributed by atoms with van der Waals surface area (Å²) < 4.78 is 5.13. The highest BCUT2D eigenvalue weighted by atomic mass is 16.5. The molecular weight excluding hydrogens is 260 g/mol. The highest BCUT2D eigenvalue weighted by Crippen LogP contribution is 2.34. The van der Waals surface area contributed by atoms with Gasteiger partial charge in [0.1, 0.15) is 0 Å². The van der Waals surface area contributed by atoms with Crippen LogP contribution in [0.4, 0.5) is 0 Å². The smallest absolute Gasteiger partial charge is 0.212 e. The normalized spacial score (nSPS) is 11.1. The number of hydrogen-bond donors (Lipinski definition) is 1. The summed E-state index contributed by atoms with van der Waals surface area (Å²) in [5, 5.41) is 2.47. The lowest BCUT2D eigenvalue weighted by Gasteiger charge is -2.05. The number of para-hydroxylation sites is 1. The average Bonchev–Trinajstić information content (AvgIpc) is 2.93. The second-order valence-corrected chi connectivity index (χ2v) is 4.99. The van der Waals surface area contributed by atoms with Crippen LogP contribution in [-0.2, 0) is 0 Å². The second-order valence-electron chi connectivity index (χ2n) is 4.99. The Balaban J connectivity index is 2.03. The average molecular weight is 274 g/mol. The van der Waals surface area contributed by atoms with Gasteiger partial charge in [0, 0.05) is 39.6 Å². The van der Waals surface area contributed by atoms with E-state index in [-0.39, 0.29) is 0 Å². The van der Waals surface area contributed by atoms with Gasteiger partial charge in [0.2, 0.25) is 5.88 Å². The van der Waals surface area contributed by atoms with Gasteiger partial charge in [0.25, 0.3) is 0 Å². The van der Waals surface area contributed by atoms with Gasteiger partial charge in [-0.2, -0.15) is 0 Å². The lowest BCUT2D eigenvalue weighted by atomic mass is 10.0. The molecule has 3 nitrogen and oxygen atoms in total. The Kier molecular flexibility index (Phi) is 2.64. The minimum absolute atomic E-state index is 0.629. The predicted molar refractivity (Wildman–Crippen MR) is 85.6 cm³/mol. The highest BCUT2D eigenvalue weighted by molar-refractivity contribution is 6.14. The van der Waals surface area contributed by atoms with Gasteiger partial charge in [0.05, 0.1) is 7.11 Å². The van der Waals surface area contributed by atoms with E-state index in [4.69, 9.17) is 4.74 Å². The Labute approximate surface area is 122 Å². The second kappa shape index (κ2) is 4.63. The number of aromatic nitrogens is 2. The molecule has 0 radical (unpaired) electrons. The third-order valence-electron chi connectivity index (χ3n) is 3.79. The van der Waals surface area contributed by atoms with Gasteiger partial charge in [-0.05, 0) is 23.8 Å². The molecule has 4 rings (SSSR count). The van der Waals surface area contributed by atoms with Crippen LogP contribution in [0, 0.1) is 0 Å². The lowest BCUT2D eigenvalue weighted by Crippen LogP contribution is -1.87. The minimum atomic E-state index is 0.629. The third-order valence-corrected chi connectivity index (χ3v) is 3.79. The van der Waals surface area contributed by atoms with Crippen molar-refractivity contribution in [1.82, 2.24) is 9.97 Å². The Morgan fingerprint density at radius 3 is 2.57 bits per heavy atom. The molecule has 102 valence electrons. The molecule has 2 heterocycles. The van der Waals surface area contributed by atoms with Gasteiger partial charge in [-0.1, -0.05) is 30.3 Å². The first kappa shape index (κ1) is 12.0. The van der Waals surface area contributed by atoms with Crippen molar-refractivity contribution in [3.8, 4) is 17.0 Å². The fraction of sp³-hybridized carbons (Fsp3) is 0.0556. The van der Waals surface area contributed by atoms with Crippen LogP contribution >= 0.6 is 0 Å². The van der Waals surface area contributed by atoms with Crippen LogP contribution in [0.5, 0.6) is 5.88 Å². The van der Waals surface area contributed by atoms with E-state index in [2.05, 4.69) is 46.4 Å². The zero-order valence-electron chi connectivity index (χ0n) is 11.6. The van der Waals surface area contributed by atoms with Crippen LogP contribution < -0.4 is 4.74 Å². The monoisotopic (exact) mass is 274 g/mol. The van der Waals surface area contributed by atoms with Crippen molar-refractivity contribution >= 4 is 21.8 Å². The van der Waals surface area contributed by atoms with Crippen molar-refractivity contribution < 1.29 is 4.74 Å². The number of nitrogens with zero attached hydrogens (tertiary/aromatic N) is 1. The number of hydrogen-bond acceptors (Lipinski definition) is 2. The van der Waals surface area contributed by atoms with Crippen LogP contribution in [0.25, 0.3) is 32.9 Å². The molecule has 4 aromatic rings. The number of benzene rings is 2. The quantitative estimate of drug-likeness (QED) is 0.588. The van der Waals surface area contributed by atoms with E-state index in [0.29, 0.717) is 5.88 Å². The topological polar surface area (TPSA) is 37.9 Å². The van der Waals surface area contributed by atoms with E-state index in [1.807, 2.05) is 24.4 Å². The van der Waals surface area contributed by atoms with E-state index in [1.165, 1.54) is 16.3 Å². The first-order valence-electron chi connectivity index (χ1n) is 6.86. The summed E-state index contributed by atoms with van der Waals surface area (Å²) >= 11 is 0. The van der Waals surface area contributed by atoms with Crippen molar-refractivity contribution in [1.29, 1.82) is 0 Å². The molecule has 0 aliphatic rings. The number of aromatic amines is 1. The molecule has 0 bridgehead atoms. The van der Waals surface area contributed by atoms with Crippen LogP contribution in [0.15, 0.2) is 60.8 Å². The number of H-pyrrole nitrogens is 1. The molecule has 0 atom stereocenters. The Bertz CT molecular complexity index is 923. The molecule has 2 aromatic heterocycles. The zero-order valence-corrected chi connectivity index (χ0v) is 11.6. The van der Waals surface area contributed by atoms with Gasteiger partial charge in [-0.3, -0.25) is 0 Å². The SMILES string of the molecule is COc1ccc(-c2cccc3[nH]c4ccccc4c23)cn1. The third kappa shape index (κ3) is 1.86. The molecule has 21 heavy (non-hydrogen) atoms. The number of methoxy groups -OCH3 is 1. The summed E-state index contributed by atoms with van der Waals surface area (Å²) in [5.41, 5.74) is 4.57. The van der Waals surface area contributed by atoms with Gasteiger partial charge in [-0.15, -0.1) is 0 Å². The van der Waals surface area contributed by atoms with Crippen molar-refractivity contribution in [2.45, 2.75) is 0 Å². The Hall–Kier alpha value is -2.81. The van der Waals surface area contributed by atoms with Crippen LogP contribution in [0.3, 0.4) is 0 Å². The standard InChI is InChI=1S/C18H14N2O/c1-21-17-10-9-12(11-19-17)13-6-4-8-16-18(13)14-5-2-3-7-15(14)20-16/h2-11,20H,1H3. The summed E-state index contributed by atoms with van der Waals surface area (Å²) in [6, 6.07) is 18.6. The van der Waals surface area contributed by atoms with Crippen molar-refractivity contribution in [3.05, 3.63) is 60.8 Å². The molecule has 2 aromatic carbocycles. The van der Waals surface area contributed by atoms with Crippen LogP contribution in [-0.4, -0.2) is 17.1 Å². The summed E-state index contributed by atoms with van der Waals surface area (Å²) in [5.74, 6) is 0.629. The molecule has 0 unspecified atom stereocenters. The van der Waals surface area contributed by atoms with Gasteiger partial charge < -0.3 is 9.72 Å². The summed E-state index contributed by atoms with van der Waals surface area (Å²) in [7, 11) is 1.63. The summed E-state index contributed by atoms with van der Waals surface area (Å²) in [6.45, 7) is 0. The van der Waals surface area contributed by atoms with Crippen molar-refractivity contribution in [2.75, 3.05) is 7.11 Å². The maximum absolute atomic E-state index is 5.13. The van der Waals surface area contributed by atoms with Crippen LogP contribution in [0.2, 0.25) is 0 Å². The first-order valence-corrected chi connectivity index (χ1v) is 6.86. The Morgan fingerprint density at radius 2 is 1.76 bits per heavy atom. The molecule has 0 saturated heterocycles. The lowest BCUT2D eigenvalue weighted by molar-refractivity contribution is 0.398. The van der Waals surface area contributed by atoms with Gasteiger partial charge >= 0.3 is 0 Å². The maximum atomic E-state index is 5.13. The zero-order chi connectivity index (χ0) is 14.2. The number of rotatable bonds is 2. The molecule has 0 aliphatic carbocycles. The van der Waals surface area contributed by atoms with Crippen molar-refractivity contribution in [3.63, 3.8) is 0 Å². The molecule has 3 heteroatoms. The Morgan fingerprint density at radius 1 is 0.905 bits per heavy atom.